The lowest BCUT2D eigenvalue weighted by molar-refractivity contribution is -0.116. The van der Waals surface area contributed by atoms with Gasteiger partial charge >= 0.3 is 0 Å². The van der Waals surface area contributed by atoms with E-state index in [1.807, 2.05) is 29.6 Å². The summed E-state index contributed by atoms with van der Waals surface area (Å²) in [5.41, 5.74) is 1.94. The van der Waals surface area contributed by atoms with E-state index in [4.69, 9.17) is 4.74 Å². The molecule has 0 saturated heterocycles. The number of hydrogen-bond donors (Lipinski definition) is 1. The summed E-state index contributed by atoms with van der Waals surface area (Å²) in [6.07, 6.45) is 1.24. The van der Waals surface area contributed by atoms with Crippen molar-refractivity contribution in [2.24, 2.45) is 0 Å². The number of thiophene rings is 1. The van der Waals surface area contributed by atoms with Crippen molar-refractivity contribution in [3.8, 4) is 5.75 Å². The average molecular weight is 317 g/mol. The fourth-order valence-electron chi connectivity index (χ4n) is 2.18. The van der Waals surface area contributed by atoms with Crippen LogP contribution in [0.1, 0.15) is 37.6 Å². The van der Waals surface area contributed by atoms with E-state index in [1.165, 1.54) is 10.4 Å². The quantitative estimate of drug-likeness (QED) is 0.873. The largest absolute Gasteiger partial charge is 0.495 e. The molecule has 0 spiro atoms. The second kappa shape index (κ2) is 6.97. The van der Waals surface area contributed by atoms with Gasteiger partial charge in [-0.2, -0.15) is 0 Å². The monoisotopic (exact) mass is 317 g/mol. The summed E-state index contributed by atoms with van der Waals surface area (Å²) < 4.78 is 5.35. The molecule has 0 bridgehead atoms. The molecule has 0 aliphatic rings. The highest BCUT2D eigenvalue weighted by molar-refractivity contribution is 7.09. The van der Waals surface area contributed by atoms with E-state index in [0.717, 1.165) is 12.1 Å². The number of carbonyl (C=O) groups is 1. The van der Waals surface area contributed by atoms with Gasteiger partial charge in [0.05, 0.1) is 12.8 Å². The van der Waals surface area contributed by atoms with Crippen molar-refractivity contribution in [3.05, 3.63) is 46.2 Å². The summed E-state index contributed by atoms with van der Waals surface area (Å²) in [6, 6.07) is 10.0. The van der Waals surface area contributed by atoms with Crippen LogP contribution >= 0.6 is 11.3 Å². The zero-order chi connectivity index (χ0) is 16.2. The van der Waals surface area contributed by atoms with Crippen LogP contribution < -0.4 is 10.1 Å². The highest BCUT2D eigenvalue weighted by atomic mass is 32.1. The number of hydrogen-bond acceptors (Lipinski definition) is 3. The Bertz CT molecular complexity index is 627. The lowest BCUT2D eigenvalue weighted by Crippen LogP contribution is -2.15. The molecule has 1 heterocycles. The van der Waals surface area contributed by atoms with Gasteiger partial charge in [-0.1, -0.05) is 32.9 Å². The number of carbonyl (C=O) groups excluding carboxylic acids is 1. The molecule has 118 valence electrons. The molecule has 1 amide bonds. The van der Waals surface area contributed by atoms with Gasteiger partial charge in [-0.15, -0.1) is 11.3 Å². The SMILES string of the molecule is COc1ccc(C(C)(C)C)cc1NC(=O)CCc1cccs1. The molecule has 0 aliphatic heterocycles. The van der Waals surface area contributed by atoms with Crippen LogP contribution in [0.3, 0.4) is 0 Å². The van der Waals surface area contributed by atoms with Crippen LogP contribution in [0.4, 0.5) is 5.69 Å². The van der Waals surface area contributed by atoms with Crippen molar-refractivity contribution in [2.45, 2.75) is 39.0 Å². The third-order valence-corrected chi connectivity index (χ3v) is 4.45. The van der Waals surface area contributed by atoms with E-state index in [9.17, 15) is 4.79 Å². The van der Waals surface area contributed by atoms with Crippen LogP contribution in [-0.2, 0) is 16.6 Å². The van der Waals surface area contributed by atoms with E-state index in [2.05, 4.69) is 32.2 Å². The third-order valence-electron chi connectivity index (χ3n) is 3.52. The number of nitrogens with one attached hydrogen (secondary N) is 1. The van der Waals surface area contributed by atoms with Crippen LogP contribution in [0.5, 0.6) is 5.75 Å². The van der Waals surface area contributed by atoms with Crippen molar-refractivity contribution < 1.29 is 9.53 Å². The van der Waals surface area contributed by atoms with Gasteiger partial charge in [0.15, 0.2) is 0 Å². The van der Waals surface area contributed by atoms with E-state index in [1.54, 1.807) is 18.4 Å². The van der Waals surface area contributed by atoms with E-state index >= 15 is 0 Å². The normalized spacial score (nSPS) is 11.3. The summed E-state index contributed by atoms with van der Waals surface area (Å²) in [5, 5.41) is 5.01. The van der Waals surface area contributed by atoms with Crippen LogP contribution in [0, 0.1) is 0 Å². The molecular weight excluding hydrogens is 294 g/mol. The zero-order valence-corrected chi connectivity index (χ0v) is 14.4. The predicted molar refractivity (Wildman–Crippen MR) is 93.0 cm³/mol. The molecule has 0 aliphatic carbocycles. The maximum absolute atomic E-state index is 12.2. The Balaban J connectivity index is 2.08. The van der Waals surface area contributed by atoms with Gasteiger partial charge in [0.2, 0.25) is 5.91 Å². The molecule has 1 aromatic heterocycles. The van der Waals surface area contributed by atoms with E-state index < -0.39 is 0 Å². The standard InChI is InChI=1S/C18H23NO2S/c1-18(2,3)13-7-9-16(21-4)15(12-13)19-17(20)10-8-14-6-5-11-22-14/h5-7,9,11-12H,8,10H2,1-4H3,(H,19,20). The van der Waals surface area contributed by atoms with Crippen LogP contribution in [0.15, 0.2) is 35.7 Å². The Hall–Kier alpha value is -1.81. The summed E-state index contributed by atoms with van der Waals surface area (Å²) >= 11 is 1.68. The first-order chi connectivity index (χ1) is 10.4. The molecule has 0 fully saturated rings. The molecule has 2 aromatic rings. The predicted octanol–water partition coefficient (Wildman–Crippen LogP) is 4.63. The van der Waals surface area contributed by atoms with Crippen molar-refractivity contribution in [3.63, 3.8) is 0 Å². The Morgan fingerprint density at radius 1 is 1.27 bits per heavy atom. The van der Waals surface area contributed by atoms with Crippen LogP contribution in [0.25, 0.3) is 0 Å². The first-order valence-electron chi connectivity index (χ1n) is 7.41. The number of rotatable bonds is 5. The molecule has 22 heavy (non-hydrogen) atoms. The minimum atomic E-state index is 0.0118. The molecule has 1 N–H and O–H groups in total. The minimum absolute atomic E-state index is 0.0118. The maximum Gasteiger partial charge on any atom is 0.224 e. The molecule has 0 saturated carbocycles. The molecule has 0 radical (unpaired) electrons. The van der Waals surface area contributed by atoms with Gasteiger partial charge in [0.1, 0.15) is 5.75 Å². The van der Waals surface area contributed by atoms with Crippen molar-refractivity contribution in [1.82, 2.24) is 0 Å². The Morgan fingerprint density at radius 2 is 2.05 bits per heavy atom. The van der Waals surface area contributed by atoms with Crippen molar-refractivity contribution in [2.75, 3.05) is 12.4 Å². The highest BCUT2D eigenvalue weighted by Gasteiger charge is 2.17. The number of methoxy groups -OCH3 is 1. The summed E-state index contributed by atoms with van der Waals surface area (Å²) in [4.78, 5) is 13.4. The van der Waals surface area contributed by atoms with Crippen LogP contribution in [0.2, 0.25) is 0 Å². The minimum Gasteiger partial charge on any atom is -0.495 e. The number of anilines is 1. The topological polar surface area (TPSA) is 38.3 Å². The van der Waals surface area contributed by atoms with Gasteiger partial charge in [-0.25, -0.2) is 0 Å². The van der Waals surface area contributed by atoms with Gasteiger partial charge in [-0.05, 0) is 41.0 Å². The van der Waals surface area contributed by atoms with Crippen molar-refractivity contribution >= 4 is 22.9 Å². The molecule has 0 unspecified atom stereocenters. The van der Waals surface area contributed by atoms with Crippen molar-refractivity contribution in [1.29, 1.82) is 0 Å². The number of aryl methyl sites for hydroxylation is 1. The second-order valence-electron chi connectivity index (χ2n) is 6.29. The number of benzene rings is 1. The Labute approximate surface area is 136 Å². The van der Waals surface area contributed by atoms with E-state index in [-0.39, 0.29) is 11.3 Å². The number of ether oxygens (including phenoxy) is 1. The number of amides is 1. The molecule has 2 rings (SSSR count). The average Bonchev–Trinajstić information content (AvgIpc) is 2.97. The third kappa shape index (κ3) is 4.34. The summed E-state index contributed by atoms with van der Waals surface area (Å²) in [5.74, 6) is 0.704. The molecular formula is C18H23NO2S. The molecule has 3 nitrogen and oxygen atoms in total. The molecule has 1 aromatic carbocycles. The maximum atomic E-state index is 12.2. The Morgan fingerprint density at radius 3 is 2.64 bits per heavy atom. The van der Waals surface area contributed by atoms with Gasteiger partial charge in [0, 0.05) is 11.3 Å². The highest BCUT2D eigenvalue weighted by Crippen LogP contribution is 2.31. The Kier molecular flexibility index (Phi) is 5.24. The second-order valence-corrected chi connectivity index (χ2v) is 7.32. The summed E-state index contributed by atoms with van der Waals surface area (Å²) in [7, 11) is 1.62. The lowest BCUT2D eigenvalue weighted by Gasteiger charge is -2.21. The van der Waals surface area contributed by atoms with E-state index in [0.29, 0.717) is 12.2 Å². The molecule has 4 heteroatoms. The fourth-order valence-corrected chi connectivity index (χ4v) is 2.89. The molecule has 0 atom stereocenters. The zero-order valence-electron chi connectivity index (χ0n) is 13.6. The summed E-state index contributed by atoms with van der Waals surface area (Å²) in [6.45, 7) is 6.45. The van der Waals surface area contributed by atoms with Crippen LogP contribution in [-0.4, -0.2) is 13.0 Å². The fraction of sp³-hybridized carbons (Fsp3) is 0.389. The van der Waals surface area contributed by atoms with Gasteiger partial charge in [-0.3, -0.25) is 4.79 Å². The first kappa shape index (κ1) is 16.6. The lowest BCUT2D eigenvalue weighted by atomic mass is 9.87. The smallest absolute Gasteiger partial charge is 0.224 e. The first-order valence-corrected chi connectivity index (χ1v) is 8.29. The van der Waals surface area contributed by atoms with Gasteiger partial charge < -0.3 is 10.1 Å². The van der Waals surface area contributed by atoms with Gasteiger partial charge in [0.25, 0.3) is 0 Å².